The van der Waals surface area contributed by atoms with Gasteiger partial charge in [0, 0.05) is 32.2 Å². The Morgan fingerprint density at radius 3 is 2.16 bits per heavy atom. The van der Waals surface area contributed by atoms with Gasteiger partial charge in [-0.05, 0) is 37.3 Å². The van der Waals surface area contributed by atoms with Crippen LogP contribution in [0.1, 0.15) is 51.2 Å². The second kappa shape index (κ2) is 8.88. The van der Waals surface area contributed by atoms with E-state index < -0.39 is 0 Å². The molecule has 1 saturated heterocycles. The molecule has 0 spiro atoms. The highest BCUT2D eigenvalue weighted by Crippen LogP contribution is 2.15. The zero-order valence-corrected chi connectivity index (χ0v) is 15.9. The lowest BCUT2D eigenvalue weighted by Gasteiger charge is -2.23. The van der Waals surface area contributed by atoms with Crippen molar-refractivity contribution in [1.82, 2.24) is 15.1 Å². The third-order valence-corrected chi connectivity index (χ3v) is 4.55. The average Bonchev–Trinajstić information content (AvgIpc) is 2.81. The molecule has 5 nitrogen and oxygen atoms in total. The van der Waals surface area contributed by atoms with Gasteiger partial charge < -0.3 is 15.1 Å². The van der Waals surface area contributed by atoms with E-state index in [1.807, 2.05) is 35.8 Å². The predicted octanol–water partition coefficient (Wildman–Crippen LogP) is 3.00. The highest BCUT2D eigenvalue weighted by molar-refractivity contribution is 5.79. The van der Waals surface area contributed by atoms with Crippen LogP contribution in [-0.2, 0) is 11.2 Å². The fourth-order valence-electron chi connectivity index (χ4n) is 3.02. The summed E-state index contributed by atoms with van der Waals surface area (Å²) >= 11 is 0. The summed E-state index contributed by atoms with van der Waals surface area (Å²) in [5.41, 5.74) is 2.34. The van der Waals surface area contributed by atoms with E-state index in [9.17, 15) is 9.59 Å². The first kappa shape index (κ1) is 19.3. The number of amides is 3. The lowest BCUT2D eigenvalue weighted by Crippen LogP contribution is -2.45. The van der Waals surface area contributed by atoms with Crippen LogP contribution in [-0.4, -0.2) is 54.0 Å². The molecule has 25 heavy (non-hydrogen) atoms. The van der Waals surface area contributed by atoms with Crippen LogP contribution in [0.15, 0.2) is 24.3 Å². The summed E-state index contributed by atoms with van der Waals surface area (Å²) in [6.07, 6.45) is 1.25. The van der Waals surface area contributed by atoms with E-state index in [1.165, 1.54) is 5.56 Å². The number of nitrogens with one attached hydrogen (secondary N) is 1. The van der Waals surface area contributed by atoms with E-state index in [1.54, 1.807) is 0 Å². The molecule has 1 aliphatic heterocycles. The van der Waals surface area contributed by atoms with Crippen LogP contribution >= 0.6 is 0 Å². The lowest BCUT2D eigenvalue weighted by molar-refractivity contribution is -0.130. The van der Waals surface area contributed by atoms with Crippen molar-refractivity contribution in [2.24, 2.45) is 0 Å². The smallest absolute Gasteiger partial charge is 0.317 e. The molecule has 2 rings (SSSR count). The van der Waals surface area contributed by atoms with Gasteiger partial charge >= 0.3 is 6.03 Å². The predicted molar refractivity (Wildman–Crippen MR) is 101 cm³/mol. The molecule has 0 aromatic heterocycles. The van der Waals surface area contributed by atoms with Gasteiger partial charge in [-0.25, -0.2) is 4.79 Å². The number of hydrogen-bond donors (Lipinski definition) is 1. The largest absolute Gasteiger partial charge is 0.341 e. The summed E-state index contributed by atoms with van der Waals surface area (Å²) in [6.45, 7) is 10.9. The van der Waals surface area contributed by atoms with Gasteiger partial charge in [-0.15, -0.1) is 0 Å². The average molecular weight is 345 g/mol. The molecular weight excluding hydrogens is 314 g/mol. The Morgan fingerprint density at radius 2 is 1.56 bits per heavy atom. The number of rotatable bonds is 4. The molecule has 1 N–H and O–H groups in total. The topological polar surface area (TPSA) is 52.7 Å². The van der Waals surface area contributed by atoms with E-state index in [0.717, 1.165) is 12.0 Å². The fourth-order valence-corrected chi connectivity index (χ4v) is 3.02. The molecule has 0 atom stereocenters. The highest BCUT2D eigenvalue weighted by atomic mass is 16.2. The Kier molecular flexibility index (Phi) is 6.85. The van der Waals surface area contributed by atoms with Crippen LogP contribution in [0.5, 0.6) is 0 Å². The molecule has 138 valence electrons. The number of urea groups is 1. The maximum Gasteiger partial charge on any atom is 0.317 e. The summed E-state index contributed by atoms with van der Waals surface area (Å²) in [5, 5.41) is 2.92. The first-order valence-electron chi connectivity index (χ1n) is 9.29. The molecule has 0 saturated carbocycles. The monoisotopic (exact) mass is 345 g/mol. The lowest BCUT2D eigenvalue weighted by atomic mass is 10.0. The third-order valence-electron chi connectivity index (χ3n) is 4.55. The molecule has 1 fully saturated rings. The van der Waals surface area contributed by atoms with Gasteiger partial charge in [0.1, 0.15) is 0 Å². The quantitative estimate of drug-likeness (QED) is 0.912. The summed E-state index contributed by atoms with van der Waals surface area (Å²) in [5.74, 6) is 0.641. The van der Waals surface area contributed by atoms with Gasteiger partial charge in [0.2, 0.25) is 5.91 Å². The van der Waals surface area contributed by atoms with Crippen molar-refractivity contribution in [3.05, 3.63) is 35.4 Å². The van der Waals surface area contributed by atoms with Crippen LogP contribution < -0.4 is 5.32 Å². The molecule has 3 amide bonds. The number of benzene rings is 1. The Bertz CT molecular complexity index is 581. The fraction of sp³-hybridized carbons (Fsp3) is 0.600. The van der Waals surface area contributed by atoms with E-state index in [4.69, 9.17) is 0 Å². The minimum atomic E-state index is -0.0337. The Labute approximate surface area is 151 Å². The summed E-state index contributed by atoms with van der Waals surface area (Å²) in [4.78, 5) is 28.4. The van der Waals surface area contributed by atoms with Crippen LogP contribution in [0.3, 0.4) is 0 Å². The Hall–Kier alpha value is -2.04. The van der Waals surface area contributed by atoms with Gasteiger partial charge in [0.25, 0.3) is 0 Å². The van der Waals surface area contributed by atoms with E-state index >= 15 is 0 Å². The number of carbonyl (C=O) groups is 2. The first-order chi connectivity index (χ1) is 11.9. The van der Waals surface area contributed by atoms with E-state index in [-0.39, 0.29) is 18.0 Å². The summed E-state index contributed by atoms with van der Waals surface area (Å²) in [7, 11) is 0. The second-order valence-electron chi connectivity index (χ2n) is 7.40. The van der Waals surface area contributed by atoms with Crippen molar-refractivity contribution in [2.45, 2.75) is 52.5 Å². The van der Waals surface area contributed by atoms with Crippen molar-refractivity contribution in [1.29, 1.82) is 0 Å². The zero-order valence-electron chi connectivity index (χ0n) is 15.9. The van der Waals surface area contributed by atoms with E-state index in [0.29, 0.717) is 38.5 Å². The zero-order chi connectivity index (χ0) is 18.4. The first-order valence-corrected chi connectivity index (χ1v) is 9.29. The van der Waals surface area contributed by atoms with Crippen molar-refractivity contribution >= 4 is 11.9 Å². The van der Waals surface area contributed by atoms with Gasteiger partial charge in [0.15, 0.2) is 0 Å². The summed E-state index contributed by atoms with van der Waals surface area (Å²) < 4.78 is 0. The molecule has 1 aliphatic rings. The molecule has 1 aromatic carbocycles. The SMILES string of the molecule is CC(C)NC(=O)N1CCCN(C(=O)Cc2ccc(C(C)C)cc2)CC1. The maximum atomic E-state index is 12.6. The van der Waals surface area contributed by atoms with Crippen LogP contribution in [0, 0.1) is 0 Å². The minimum Gasteiger partial charge on any atom is -0.341 e. The minimum absolute atomic E-state index is 0.0337. The number of hydrogen-bond acceptors (Lipinski definition) is 2. The van der Waals surface area contributed by atoms with Crippen LogP contribution in [0.2, 0.25) is 0 Å². The van der Waals surface area contributed by atoms with Crippen LogP contribution in [0.4, 0.5) is 4.79 Å². The molecule has 5 heteroatoms. The van der Waals surface area contributed by atoms with Gasteiger partial charge in [0.05, 0.1) is 6.42 Å². The molecule has 1 aromatic rings. The normalized spacial score (nSPS) is 15.4. The van der Waals surface area contributed by atoms with Crippen molar-refractivity contribution in [2.75, 3.05) is 26.2 Å². The maximum absolute atomic E-state index is 12.6. The molecule has 1 heterocycles. The Morgan fingerprint density at radius 1 is 0.960 bits per heavy atom. The molecular formula is C20H31N3O2. The number of carbonyl (C=O) groups excluding carboxylic acids is 2. The molecule has 0 bridgehead atoms. The Balaban J connectivity index is 1.89. The molecule has 0 unspecified atom stereocenters. The third kappa shape index (κ3) is 5.76. The molecule has 0 radical (unpaired) electrons. The van der Waals surface area contributed by atoms with Crippen molar-refractivity contribution < 1.29 is 9.59 Å². The summed E-state index contributed by atoms with van der Waals surface area (Å²) in [6, 6.07) is 8.40. The van der Waals surface area contributed by atoms with Crippen molar-refractivity contribution in [3.63, 3.8) is 0 Å². The molecule has 0 aliphatic carbocycles. The number of nitrogens with zero attached hydrogens (tertiary/aromatic N) is 2. The van der Waals surface area contributed by atoms with Gasteiger partial charge in [-0.2, -0.15) is 0 Å². The van der Waals surface area contributed by atoms with E-state index in [2.05, 4.69) is 31.3 Å². The van der Waals surface area contributed by atoms with Gasteiger partial charge in [-0.3, -0.25) is 4.79 Å². The highest BCUT2D eigenvalue weighted by Gasteiger charge is 2.22. The van der Waals surface area contributed by atoms with Gasteiger partial charge in [-0.1, -0.05) is 38.1 Å². The standard InChI is InChI=1S/C20H31N3O2/c1-15(2)18-8-6-17(7-9-18)14-19(24)22-10-5-11-23(13-12-22)20(25)21-16(3)4/h6-9,15-16H,5,10-14H2,1-4H3,(H,21,25). The second-order valence-corrected chi connectivity index (χ2v) is 7.40. The van der Waals surface area contributed by atoms with Crippen molar-refractivity contribution in [3.8, 4) is 0 Å². The van der Waals surface area contributed by atoms with Crippen LogP contribution in [0.25, 0.3) is 0 Å².